The second-order valence-electron chi connectivity index (χ2n) is 25.1. The molecular formula is C71H132O14. The Morgan fingerprint density at radius 2 is 0.729 bits per heavy atom. The predicted molar refractivity (Wildman–Crippen MR) is 344 cm³/mol. The first-order valence-electron chi connectivity index (χ1n) is 35.6. The molecule has 85 heavy (non-hydrogen) atoms. The Balaban J connectivity index is 1.63. The van der Waals surface area contributed by atoms with E-state index in [9.17, 15) is 40.5 Å². The van der Waals surface area contributed by atoms with Gasteiger partial charge in [-0.25, -0.2) is 0 Å². The van der Waals surface area contributed by atoms with Crippen LogP contribution >= 0.6 is 0 Å². The van der Waals surface area contributed by atoms with Crippen LogP contribution < -0.4 is 0 Å². The molecule has 0 aliphatic carbocycles. The highest BCUT2D eigenvalue weighted by Crippen LogP contribution is 2.27. The zero-order valence-corrected chi connectivity index (χ0v) is 54.4. The minimum Gasteiger partial charge on any atom is -0.457 e. The van der Waals surface area contributed by atoms with Gasteiger partial charge in [-0.3, -0.25) is 4.79 Å². The van der Waals surface area contributed by atoms with Crippen molar-refractivity contribution in [2.75, 3.05) is 33.0 Å². The smallest absolute Gasteiger partial charge is 0.306 e. The summed E-state index contributed by atoms with van der Waals surface area (Å²) >= 11 is 0. The molecule has 2 fully saturated rings. The quantitative estimate of drug-likeness (QED) is 0.0171. The van der Waals surface area contributed by atoms with E-state index in [2.05, 4.69) is 50.3 Å². The number of hydrogen-bond donors (Lipinski definition) is 7. The van der Waals surface area contributed by atoms with Gasteiger partial charge in [0.2, 0.25) is 0 Å². The summed E-state index contributed by atoms with van der Waals surface area (Å²) in [4.78, 5) is 13.2. The predicted octanol–water partition coefficient (Wildman–Crippen LogP) is 15.2. The molecule has 0 bridgehead atoms. The van der Waals surface area contributed by atoms with Crippen LogP contribution in [-0.4, -0.2) is 142 Å². The van der Waals surface area contributed by atoms with Crippen molar-refractivity contribution in [1.29, 1.82) is 0 Å². The van der Waals surface area contributed by atoms with Gasteiger partial charge in [0.1, 0.15) is 54.9 Å². The lowest BCUT2D eigenvalue weighted by atomic mass is 9.98. The Labute approximate surface area is 519 Å². The molecule has 2 rings (SSSR count). The highest BCUT2D eigenvalue weighted by Gasteiger charge is 2.47. The van der Waals surface area contributed by atoms with Gasteiger partial charge in [-0.2, -0.15) is 0 Å². The van der Waals surface area contributed by atoms with Crippen molar-refractivity contribution in [3.8, 4) is 0 Å². The molecule has 0 amide bonds. The number of ether oxygens (including phenoxy) is 6. The van der Waals surface area contributed by atoms with Crippen molar-refractivity contribution in [2.24, 2.45) is 0 Å². The normalized spacial score (nSPS) is 23.3. The van der Waals surface area contributed by atoms with Gasteiger partial charge in [0.05, 0.1) is 26.4 Å². The number of carbonyl (C=O) groups is 1. The molecular weight excluding hydrogens is 1080 g/mol. The SMILES string of the molecule is CCCCCCC/C=C\C/C=C\C/C=C\CCCCCCCCCCCCC(=O)OC(COCCCCCCCCCCCCCCCCCCCCCCCCCCCC)COC1OC(COC2OC(CO)C(O)C(O)C2O)C(O)C(O)C1O. The molecule has 14 heteroatoms. The van der Waals surface area contributed by atoms with Crippen LogP contribution in [0.3, 0.4) is 0 Å². The molecule has 2 aliphatic rings. The minimum absolute atomic E-state index is 0.0643. The van der Waals surface area contributed by atoms with Crippen LogP contribution in [0.5, 0.6) is 0 Å². The van der Waals surface area contributed by atoms with E-state index in [0.29, 0.717) is 13.0 Å². The van der Waals surface area contributed by atoms with Gasteiger partial charge in [0, 0.05) is 13.0 Å². The highest BCUT2D eigenvalue weighted by molar-refractivity contribution is 5.69. The molecule has 0 aromatic heterocycles. The lowest BCUT2D eigenvalue weighted by molar-refractivity contribution is -0.332. The van der Waals surface area contributed by atoms with E-state index >= 15 is 0 Å². The van der Waals surface area contributed by atoms with E-state index in [1.165, 1.54) is 225 Å². The fourth-order valence-electron chi connectivity index (χ4n) is 11.5. The van der Waals surface area contributed by atoms with Crippen molar-refractivity contribution in [3.05, 3.63) is 36.5 Å². The fraction of sp³-hybridized carbons (Fsp3) is 0.901. The number of aliphatic hydroxyl groups is 7. The summed E-state index contributed by atoms with van der Waals surface area (Å²) in [6, 6.07) is 0. The molecule has 0 saturated carbocycles. The molecule has 11 atom stereocenters. The zero-order chi connectivity index (χ0) is 61.5. The van der Waals surface area contributed by atoms with Crippen LogP contribution in [-0.2, 0) is 33.2 Å². The van der Waals surface area contributed by atoms with E-state index in [4.69, 9.17) is 28.4 Å². The van der Waals surface area contributed by atoms with Gasteiger partial charge in [0.25, 0.3) is 0 Å². The number of allylic oxidation sites excluding steroid dienone is 6. The van der Waals surface area contributed by atoms with Crippen molar-refractivity contribution in [3.63, 3.8) is 0 Å². The Kier molecular flexibility index (Phi) is 53.5. The van der Waals surface area contributed by atoms with Crippen molar-refractivity contribution < 1.29 is 69.0 Å². The third-order valence-corrected chi connectivity index (χ3v) is 17.2. The average molecular weight is 1210 g/mol. The molecule has 0 spiro atoms. The Morgan fingerprint density at radius 3 is 1.14 bits per heavy atom. The van der Waals surface area contributed by atoms with Gasteiger partial charge in [-0.1, -0.05) is 288 Å². The molecule has 7 N–H and O–H groups in total. The summed E-state index contributed by atoms with van der Waals surface area (Å²) in [7, 11) is 0. The molecule has 2 saturated heterocycles. The number of esters is 1. The van der Waals surface area contributed by atoms with Crippen LogP contribution in [0.2, 0.25) is 0 Å². The largest absolute Gasteiger partial charge is 0.457 e. The molecule has 2 aliphatic heterocycles. The minimum atomic E-state index is -1.71. The zero-order valence-electron chi connectivity index (χ0n) is 54.4. The summed E-state index contributed by atoms with van der Waals surface area (Å²) in [6.07, 6.45) is 55.1. The monoisotopic (exact) mass is 1210 g/mol. The Hall–Kier alpha value is -1.79. The first-order chi connectivity index (χ1) is 41.6. The van der Waals surface area contributed by atoms with E-state index in [-0.39, 0.29) is 25.6 Å². The molecule has 11 unspecified atom stereocenters. The van der Waals surface area contributed by atoms with Crippen molar-refractivity contribution >= 4 is 5.97 Å². The van der Waals surface area contributed by atoms with Gasteiger partial charge in [-0.15, -0.1) is 0 Å². The summed E-state index contributed by atoms with van der Waals surface area (Å²) in [6.45, 7) is 3.75. The highest BCUT2D eigenvalue weighted by atomic mass is 16.7. The number of aliphatic hydroxyl groups excluding tert-OH is 7. The first kappa shape index (κ1) is 79.3. The summed E-state index contributed by atoms with van der Waals surface area (Å²) in [5, 5.41) is 72.6. The number of carbonyl (C=O) groups excluding carboxylic acids is 1. The molecule has 14 nitrogen and oxygen atoms in total. The van der Waals surface area contributed by atoms with Crippen LogP contribution in [0, 0.1) is 0 Å². The van der Waals surface area contributed by atoms with Crippen LogP contribution in [0.1, 0.15) is 309 Å². The molecule has 0 aromatic carbocycles. The van der Waals surface area contributed by atoms with Crippen LogP contribution in [0.25, 0.3) is 0 Å². The lowest BCUT2D eigenvalue weighted by Gasteiger charge is -2.42. The maximum absolute atomic E-state index is 13.2. The molecule has 2 heterocycles. The van der Waals surface area contributed by atoms with E-state index in [1.807, 2.05) is 0 Å². The maximum Gasteiger partial charge on any atom is 0.306 e. The van der Waals surface area contributed by atoms with Crippen LogP contribution in [0.4, 0.5) is 0 Å². The summed E-state index contributed by atoms with van der Waals surface area (Å²) in [5.41, 5.74) is 0. The average Bonchev–Trinajstić information content (AvgIpc) is 3.68. The number of rotatable bonds is 60. The molecule has 0 aromatic rings. The standard InChI is InChI=1S/C71H132O14/c1-3-5-7-9-11-13-15-17-19-21-23-25-27-29-31-33-35-37-39-41-43-45-47-49-51-53-55-80-57-60(58-81-70-69(79)67(77)65(75)62(85-70)59-82-71-68(78)66(76)64(74)61(56-72)84-71)83-63(73)54-52-50-48-46-44-42-40-38-36-34-32-30-28-26-24-22-20-18-16-14-12-10-8-6-4-2/h16,18,22,24,28,30,60-62,64-72,74-79H,3-15,17,19-21,23,25-27,29,31-59H2,1-2H3/b18-16-,24-22-,30-28-. The molecule has 0 radical (unpaired) electrons. The Morgan fingerprint density at radius 1 is 0.388 bits per heavy atom. The fourth-order valence-corrected chi connectivity index (χ4v) is 11.5. The second-order valence-corrected chi connectivity index (χ2v) is 25.1. The lowest BCUT2D eigenvalue weighted by Crippen LogP contribution is -2.61. The van der Waals surface area contributed by atoms with Crippen molar-refractivity contribution in [2.45, 2.75) is 377 Å². The summed E-state index contributed by atoms with van der Waals surface area (Å²) in [5.74, 6) is -0.374. The van der Waals surface area contributed by atoms with Gasteiger partial charge >= 0.3 is 5.97 Å². The van der Waals surface area contributed by atoms with Gasteiger partial charge < -0.3 is 64.2 Å². The van der Waals surface area contributed by atoms with Crippen molar-refractivity contribution in [1.82, 2.24) is 0 Å². The number of hydrogen-bond acceptors (Lipinski definition) is 14. The first-order valence-corrected chi connectivity index (χ1v) is 35.6. The molecule has 500 valence electrons. The maximum atomic E-state index is 13.2. The third kappa shape index (κ3) is 42.8. The topological polar surface area (TPSA) is 214 Å². The van der Waals surface area contributed by atoms with E-state index in [1.54, 1.807) is 0 Å². The second kappa shape index (κ2) is 57.4. The third-order valence-electron chi connectivity index (χ3n) is 17.2. The number of unbranched alkanes of at least 4 members (excludes halogenated alkanes) is 40. The summed E-state index contributed by atoms with van der Waals surface area (Å²) < 4.78 is 34.6. The van der Waals surface area contributed by atoms with E-state index in [0.717, 1.165) is 57.8 Å². The Bertz CT molecular complexity index is 1550. The van der Waals surface area contributed by atoms with Crippen LogP contribution in [0.15, 0.2) is 36.5 Å². The van der Waals surface area contributed by atoms with Gasteiger partial charge in [0.15, 0.2) is 12.6 Å². The van der Waals surface area contributed by atoms with Gasteiger partial charge in [-0.05, 0) is 51.4 Å². The van der Waals surface area contributed by atoms with E-state index < -0.39 is 80.7 Å².